The van der Waals surface area contributed by atoms with Crippen LogP contribution in [0.15, 0.2) is 17.0 Å². The Bertz CT molecular complexity index is 621. The van der Waals surface area contributed by atoms with Crippen molar-refractivity contribution in [2.45, 2.75) is 18.7 Å². The number of hydrogen-bond donors (Lipinski definition) is 1. The largest absolute Gasteiger partial charge is 0.398 e. The van der Waals surface area contributed by atoms with Crippen molar-refractivity contribution in [2.24, 2.45) is 0 Å². The molecule has 0 unspecified atom stereocenters. The van der Waals surface area contributed by atoms with E-state index in [9.17, 15) is 13.2 Å². The van der Waals surface area contributed by atoms with E-state index < -0.39 is 10.0 Å². The summed E-state index contributed by atoms with van der Waals surface area (Å²) in [5.41, 5.74) is 6.70. The number of benzene rings is 1. The molecule has 0 spiro atoms. The van der Waals surface area contributed by atoms with Gasteiger partial charge in [0.1, 0.15) is 0 Å². The molecule has 1 aromatic carbocycles. The van der Waals surface area contributed by atoms with Crippen molar-refractivity contribution in [3.63, 3.8) is 0 Å². The number of rotatable bonds is 5. The smallest absolute Gasteiger partial charge is 0.243 e. The van der Waals surface area contributed by atoms with E-state index in [-0.39, 0.29) is 28.9 Å². The first-order valence-electron chi connectivity index (χ1n) is 6.37. The first-order chi connectivity index (χ1) is 9.61. The summed E-state index contributed by atoms with van der Waals surface area (Å²) in [6.07, 6.45) is 0. The second-order valence-corrected chi connectivity index (χ2v) is 7.18. The molecule has 0 aliphatic heterocycles. The zero-order chi connectivity index (χ0) is 16.4. The average Bonchev–Trinajstić information content (AvgIpc) is 2.40. The van der Waals surface area contributed by atoms with E-state index in [2.05, 4.69) is 0 Å². The fourth-order valence-corrected chi connectivity index (χ4v) is 3.38. The summed E-state index contributed by atoms with van der Waals surface area (Å²) >= 11 is 5.99. The van der Waals surface area contributed by atoms with Gasteiger partial charge in [0.2, 0.25) is 15.9 Å². The Morgan fingerprint density at radius 2 is 1.90 bits per heavy atom. The van der Waals surface area contributed by atoms with Crippen LogP contribution in [-0.2, 0) is 14.8 Å². The third-order valence-corrected chi connectivity index (χ3v) is 5.45. The molecule has 6 nitrogen and oxygen atoms in total. The maximum atomic E-state index is 12.6. The number of nitrogens with zero attached hydrogens (tertiary/aromatic N) is 2. The molecule has 0 radical (unpaired) electrons. The molecule has 2 N–H and O–H groups in total. The molecule has 0 bridgehead atoms. The number of halogens is 1. The lowest BCUT2D eigenvalue weighted by Crippen LogP contribution is -2.40. The highest BCUT2D eigenvalue weighted by atomic mass is 35.5. The highest BCUT2D eigenvalue weighted by Crippen LogP contribution is 2.27. The normalized spacial score (nSPS) is 11.7. The van der Waals surface area contributed by atoms with Crippen LogP contribution in [-0.4, -0.2) is 50.7 Å². The third kappa shape index (κ3) is 3.87. The number of sulfonamides is 1. The number of carbonyl (C=O) groups is 1. The molecule has 0 heterocycles. The molecular weight excluding hydrogens is 314 g/mol. The van der Waals surface area contributed by atoms with Crippen LogP contribution in [0.3, 0.4) is 0 Å². The van der Waals surface area contributed by atoms with Crippen LogP contribution in [0.4, 0.5) is 5.69 Å². The zero-order valence-corrected chi connectivity index (χ0v) is 14.1. The van der Waals surface area contributed by atoms with Crippen molar-refractivity contribution in [2.75, 3.05) is 32.9 Å². The van der Waals surface area contributed by atoms with Crippen LogP contribution in [0.1, 0.15) is 12.5 Å². The summed E-state index contributed by atoms with van der Waals surface area (Å²) in [5.74, 6) is -0.299. The summed E-state index contributed by atoms with van der Waals surface area (Å²) in [5, 5.41) is 0.281. The Balaban J connectivity index is 3.22. The second kappa shape index (κ2) is 6.64. The molecule has 0 saturated heterocycles. The summed E-state index contributed by atoms with van der Waals surface area (Å²) in [6, 6.07) is 2.71. The van der Waals surface area contributed by atoms with Gasteiger partial charge in [-0.05, 0) is 24.6 Å². The standard InChI is InChI=1S/C13H20ClN3O3S/c1-5-17(8-13(18)16(3)4)21(19,20)10-6-11(14)9(2)12(15)7-10/h6-7H,5,8,15H2,1-4H3. The molecule has 21 heavy (non-hydrogen) atoms. The number of likely N-dealkylation sites (N-methyl/N-ethyl adjacent to an activating group) is 2. The lowest BCUT2D eigenvalue weighted by Gasteiger charge is -2.22. The van der Waals surface area contributed by atoms with E-state index in [1.807, 2.05) is 0 Å². The van der Waals surface area contributed by atoms with E-state index in [0.717, 1.165) is 4.31 Å². The van der Waals surface area contributed by atoms with Crippen molar-refractivity contribution in [3.8, 4) is 0 Å². The molecule has 1 amide bonds. The Morgan fingerprint density at radius 3 is 2.33 bits per heavy atom. The SMILES string of the molecule is CCN(CC(=O)N(C)C)S(=O)(=O)c1cc(N)c(C)c(Cl)c1. The van der Waals surface area contributed by atoms with E-state index in [0.29, 0.717) is 11.3 Å². The Labute approximate surface area is 130 Å². The van der Waals surface area contributed by atoms with Gasteiger partial charge in [0, 0.05) is 31.4 Å². The van der Waals surface area contributed by atoms with Crippen molar-refractivity contribution < 1.29 is 13.2 Å². The fourth-order valence-electron chi connectivity index (χ4n) is 1.63. The van der Waals surface area contributed by atoms with E-state index >= 15 is 0 Å². The maximum Gasteiger partial charge on any atom is 0.243 e. The van der Waals surface area contributed by atoms with E-state index in [1.54, 1.807) is 27.9 Å². The summed E-state index contributed by atoms with van der Waals surface area (Å²) < 4.78 is 26.2. The topological polar surface area (TPSA) is 83.7 Å². The molecule has 8 heteroatoms. The van der Waals surface area contributed by atoms with Crippen molar-refractivity contribution >= 4 is 33.2 Å². The van der Waals surface area contributed by atoms with Gasteiger partial charge < -0.3 is 10.6 Å². The van der Waals surface area contributed by atoms with Crippen LogP contribution < -0.4 is 5.73 Å². The van der Waals surface area contributed by atoms with Gasteiger partial charge in [0.05, 0.1) is 11.4 Å². The minimum absolute atomic E-state index is 0.0102. The van der Waals surface area contributed by atoms with Gasteiger partial charge in [-0.3, -0.25) is 4.79 Å². The lowest BCUT2D eigenvalue weighted by molar-refractivity contribution is -0.128. The highest BCUT2D eigenvalue weighted by Gasteiger charge is 2.26. The Hall–Kier alpha value is -1.31. The van der Waals surface area contributed by atoms with Crippen LogP contribution in [0, 0.1) is 6.92 Å². The fraction of sp³-hybridized carbons (Fsp3) is 0.462. The number of anilines is 1. The molecule has 0 atom stereocenters. The first-order valence-corrected chi connectivity index (χ1v) is 8.19. The van der Waals surface area contributed by atoms with Gasteiger partial charge in [-0.1, -0.05) is 18.5 Å². The summed E-state index contributed by atoms with van der Waals surface area (Å²) in [7, 11) is -0.674. The maximum absolute atomic E-state index is 12.6. The Kier molecular flexibility index (Phi) is 5.61. The minimum atomic E-state index is -3.82. The van der Waals surface area contributed by atoms with E-state index in [1.165, 1.54) is 17.0 Å². The Morgan fingerprint density at radius 1 is 1.33 bits per heavy atom. The third-order valence-electron chi connectivity index (χ3n) is 3.16. The predicted octanol–water partition coefficient (Wildman–Crippen LogP) is 1.33. The van der Waals surface area contributed by atoms with E-state index in [4.69, 9.17) is 17.3 Å². The van der Waals surface area contributed by atoms with Gasteiger partial charge in [0.25, 0.3) is 0 Å². The molecule has 0 aliphatic rings. The number of nitrogens with two attached hydrogens (primary N) is 1. The summed E-state index contributed by atoms with van der Waals surface area (Å²) in [6.45, 7) is 3.32. The van der Waals surface area contributed by atoms with Crippen molar-refractivity contribution in [1.29, 1.82) is 0 Å². The number of nitrogen functional groups attached to an aromatic ring is 1. The van der Waals surface area contributed by atoms with Gasteiger partial charge in [-0.25, -0.2) is 8.42 Å². The van der Waals surface area contributed by atoms with Crippen LogP contribution in [0.25, 0.3) is 0 Å². The van der Waals surface area contributed by atoms with Gasteiger partial charge in [0.15, 0.2) is 0 Å². The molecule has 0 aromatic heterocycles. The van der Waals surface area contributed by atoms with Gasteiger partial charge in [-0.2, -0.15) is 4.31 Å². The minimum Gasteiger partial charge on any atom is -0.398 e. The van der Waals surface area contributed by atoms with Crippen molar-refractivity contribution in [3.05, 3.63) is 22.7 Å². The molecule has 1 rings (SSSR count). The summed E-state index contributed by atoms with van der Waals surface area (Å²) in [4.78, 5) is 13.1. The molecule has 118 valence electrons. The molecule has 0 fully saturated rings. The zero-order valence-electron chi connectivity index (χ0n) is 12.6. The predicted molar refractivity (Wildman–Crippen MR) is 83.7 cm³/mol. The first kappa shape index (κ1) is 17.7. The van der Waals surface area contributed by atoms with Gasteiger partial charge in [-0.15, -0.1) is 0 Å². The molecule has 1 aromatic rings. The molecule has 0 aliphatic carbocycles. The van der Waals surface area contributed by atoms with Gasteiger partial charge >= 0.3 is 0 Å². The molecule has 0 saturated carbocycles. The number of amides is 1. The van der Waals surface area contributed by atoms with Crippen LogP contribution >= 0.6 is 11.6 Å². The number of hydrogen-bond acceptors (Lipinski definition) is 4. The monoisotopic (exact) mass is 333 g/mol. The van der Waals surface area contributed by atoms with Crippen LogP contribution in [0.2, 0.25) is 5.02 Å². The average molecular weight is 334 g/mol. The quantitative estimate of drug-likeness (QED) is 0.824. The van der Waals surface area contributed by atoms with Crippen LogP contribution in [0.5, 0.6) is 0 Å². The number of carbonyl (C=O) groups excluding carboxylic acids is 1. The highest BCUT2D eigenvalue weighted by molar-refractivity contribution is 7.89. The molecular formula is C13H20ClN3O3S. The lowest BCUT2D eigenvalue weighted by atomic mass is 10.2. The van der Waals surface area contributed by atoms with Crippen molar-refractivity contribution in [1.82, 2.24) is 9.21 Å². The second-order valence-electron chi connectivity index (χ2n) is 4.84.